The zero-order valence-corrected chi connectivity index (χ0v) is 19.3. The van der Waals surface area contributed by atoms with E-state index in [1.165, 1.54) is 6.92 Å². The first-order valence-electron chi connectivity index (χ1n) is 10.7. The summed E-state index contributed by atoms with van der Waals surface area (Å²) in [7, 11) is 1.93. The number of nitrogens with one attached hydrogen (secondary N) is 1. The third kappa shape index (κ3) is 5.07. The lowest BCUT2D eigenvalue weighted by Gasteiger charge is -2.24. The Bertz CT molecular complexity index is 1050. The van der Waals surface area contributed by atoms with E-state index >= 15 is 0 Å². The van der Waals surface area contributed by atoms with Gasteiger partial charge in [-0.15, -0.1) is 0 Å². The van der Waals surface area contributed by atoms with Gasteiger partial charge in [0.2, 0.25) is 5.91 Å². The molecule has 0 saturated carbocycles. The monoisotopic (exact) mass is 434 g/mol. The van der Waals surface area contributed by atoms with Gasteiger partial charge in [-0.3, -0.25) is 14.4 Å². The number of carbonyl (C=O) groups is 3. The van der Waals surface area contributed by atoms with Gasteiger partial charge in [-0.2, -0.15) is 0 Å². The van der Waals surface area contributed by atoms with Gasteiger partial charge >= 0.3 is 5.97 Å². The molecule has 32 heavy (non-hydrogen) atoms. The largest absolute Gasteiger partial charge is 0.457 e. The fourth-order valence-electron chi connectivity index (χ4n) is 4.13. The van der Waals surface area contributed by atoms with Crippen LogP contribution in [0.5, 0.6) is 0 Å². The second-order valence-corrected chi connectivity index (χ2v) is 8.73. The number of ketones is 1. The molecule has 6 nitrogen and oxygen atoms in total. The highest BCUT2D eigenvalue weighted by Crippen LogP contribution is 2.46. The number of benzene rings is 2. The lowest BCUT2D eigenvalue weighted by molar-refractivity contribution is -0.147. The summed E-state index contributed by atoms with van der Waals surface area (Å²) in [4.78, 5) is 38.6. The molecule has 168 valence electrons. The third-order valence-electron chi connectivity index (χ3n) is 5.84. The maximum atomic E-state index is 12.6. The van der Waals surface area contributed by atoms with Crippen molar-refractivity contribution in [2.75, 3.05) is 18.6 Å². The van der Waals surface area contributed by atoms with E-state index in [2.05, 4.69) is 25.2 Å². The zero-order chi connectivity index (χ0) is 23.5. The second kappa shape index (κ2) is 9.39. The summed E-state index contributed by atoms with van der Waals surface area (Å²) in [5, 5.41) is 2.78. The molecular weight excluding hydrogens is 404 g/mol. The number of hydrogen-bond donors (Lipinski definition) is 1. The normalized spacial score (nSPS) is 16.4. The van der Waals surface area contributed by atoms with Crippen LogP contribution in [0.3, 0.4) is 0 Å². The van der Waals surface area contributed by atoms with E-state index in [-0.39, 0.29) is 30.1 Å². The van der Waals surface area contributed by atoms with E-state index in [0.717, 1.165) is 28.1 Å². The first-order chi connectivity index (χ1) is 15.1. The Morgan fingerprint density at radius 3 is 2.38 bits per heavy atom. The second-order valence-electron chi connectivity index (χ2n) is 8.73. The molecule has 6 heteroatoms. The van der Waals surface area contributed by atoms with Crippen LogP contribution in [-0.2, 0) is 24.5 Å². The van der Waals surface area contributed by atoms with Crippen molar-refractivity contribution in [1.29, 1.82) is 0 Å². The van der Waals surface area contributed by atoms with Gasteiger partial charge in [0, 0.05) is 36.8 Å². The molecule has 1 heterocycles. The molecule has 1 amide bonds. The molecular formula is C26H30N2O4. The van der Waals surface area contributed by atoms with Crippen molar-refractivity contribution < 1.29 is 19.1 Å². The number of aryl methyl sites for hydroxylation is 1. The number of nitrogens with zero attached hydrogens (tertiary/aromatic N) is 1. The minimum Gasteiger partial charge on any atom is -0.457 e. The smallest absolute Gasteiger partial charge is 0.308 e. The Labute approximate surface area is 189 Å². The molecule has 1 atom stereocenters. The number of para-hydroxylation sites is 1. The summed E-state index contributed by atoms with van der Waals surface area (Å²) >= 11 is 0. The summed E-state index contributed by atoms with van der Waals surface area (Å²) in [6.45, 7) is 7.16. The molecule has 1 unspecified atom stereocenters. The van der Waals surface area contributed by atoms with Crippen LogP contribution in [0.25, 0.3) is 0 Å². The van der Waals surface area contributed by atoms with Crippen molar-refractivity contribution >= 4 is 23.3 Å². The van der Waals surface area contributed by atoms with Crippen molar-refractivity contribution in [2.24, 2.45) is 0 Å². The van der Waals surface area contributed by atoms with Crippen LogP contribution in [0, 0.1) is 6.92 Å². The van der Waals surface area contributed by atoms with Crippen LogP contribution in [0.15, 0.2) is 60.3 Å². The fraction of sp³-hybridized carbons (Fsp3) is 0.346. The van der Waals surface area contributed by atoms with Crippen LogP contribution < -0.4 is 10.2 Å². The highest BCUT2D eigenvalue weighted by Gasteiger charge is 2.38. The van der Waals surface area contributed by atoms with E-state index in [4.69, 9.17) is 4.74 Å². The van der Waals surface area contributed by atoms with Crippen molar-refractivity contribution in [1.82, 2.24) is 5.32 Å². The molecule has 2 aromatic rings. The Hall–Kier alpha value is -3.41. The SMILES string of the molecule is CC(=O)NC(CC(=O)OCC(=O)/C=C1\N(C)c2ccccc2C1(C)C)c1ccc(C)cc1. The number of allylic oxidation sites excluding steroid dienone is 1. The highest BCUT2D eigenvalue weighted by atomic mass is 16.5. The molecule has 0 radical (unpaired) electrons. The lowest BCUT2D eigenvalue weighted by Crippen LogP contribution is -2.29. The van der Waals surface area contributed by atoms with E-state index in [0.29, 0.717) is 0 Å². The molecule has 3 rings (SSSR count). The Morgan fingerprint density at radius 2 is 1.75 bits per heavy atom. The number of esters is 1. The van der Waals surface area contributed by atoms with E-state index < -0.39 is 12.0 Å². The third-order valence-corrected chi connectivity index (χ3v) is 5.84. The minimum atomic E-state index is -0.543. The molecule has 1 aliphatic rings. The van der Waals surface area contributed by atoms with Gasteiger partial charge in [-0.1, -0.05) is 61.9 Å². The van der Waals surface area contributed by atoms with Gasteiger partial charge in [-0.05, 0) is 24.1 Å². The number of rotatable bonds is 7. The van der Waals surface area contributed by atoms with Gasteiger partial charge in [0.15, 0.2) is 12.4 Å². The average Bonchev–Trinajstić information content (AvgIpc) is 2.93. The Morgan fingerprint density at radius 1 is 1.09 bits per heavy atom. The van der Waals surface area contributed by atoms with E-state index in [1.54, 1.807) is 6.08 Å². The van der Waals surface area contributed by atoms with Gasteiger partial charge in [0.25, 0.3) is 0 Å². The first-order valence-corrected chi connectivity index (χ1v) is 10.7. The maximum absolute atomic E-state index is 12.6. The Kier molecular flexibility index (Phi) is 6.82. The summed E-state index contributed by atoms with van der Waals surface area (Å²) in [5.41, 5.74) is 4.63. The number of ether oxygens (including phenoxy) is 1. The van der Waals surface area contributed by atoms with E-state index in [1.807, 2.05) is 61.3 Å². The van der Waals surface area contributed by atoms with Crippen LogP contribution in [0.4, 0.5) is 5.69 Å². The van der Waals surface area contributed by atoms with Gasteiger partial charge in [0.05, 0.1) is 12.5 Å². The van der Waals surface area contributed by atoms with Crippen LogP contribution >= 0.6 is 0 Å². The summed E-state index contributed by atoms with van der Waals surface area (Å²) in [5.74, 6) is -1.07. The fourth-order valence-corrected chi connectivity index (χ4v) is 4.13. The van der Waals surface area contributed by atoms with Crippen molar-refractivity contribution in [3.63, 3.8) is 0 Å². The van der Waals surface area contributed by atoms with Gasteiger partial charge < -0.3 is 15.0 Å². The number of carbonyl (C=O) groups excluding carboxylic acids is 3. The van der Waals surface area contributed by atoms with Crippen LogP contribution in [0.1, 0.15) is 49.9 Å². The number of fused-ring (bicyclic) bond motifs is 1. The molecule has 2 aromatic carbocycles. The molecule has 0 spiro atoms. The maximum Gasteiger partial charge on any atom is 0.308 e. The number of hydrogen-bond acceptors (Lipinski definition) is 5. The molecule has 1 aliphatic heterocycles. The average molecular weight is 435 g/mol. The summed E-state index contributed by atoms with van der Waals surface area (Å²) < 4.78 is 5.25. The van der Waals surface area contributed by atoms with Crippen molar-refractivity contribution in [3.8, 4) is 0 Å². The standard InChI is InChI=1S/C26H30N2O4/c1-17-10-12-19(13-11-17)22(27-18(2)29)15-25(31)32-16-20(30)14-24-26(3,4)21-8-6-7-9-23(21)28(24)5/h6-14,22H,15-16H2,1-5H3,(H,27,29)/b24-14-. The Balaban J connectivity index is 1.64. The molecule has 0 saturated heterocycles. The minimum absolute atomic E-state index is 0.0523. The number of likely N-dealkylation sites (N-methyl/N-ethyl adjacent to an activating group) is 1. The first kappa shape index (κ1) is 23.3. The predicted molar refractivity (Wildman–Crippen MR) is 124 cm³/mol. The summed E-state index contributed by atoms with van der Waals surface area (Å²) in [6, 6.07) is 15.1. The van der Waals surface area contributed by atoms with Gasteiger partial charge in [0.1, 0.15) is 0 Å². The van der Waals surface area contributed by atoms with Crippen LogP contribution in [0.2, 0.25) is 0 Å². The van der Waals surface area contributed by atoms with Crippen LogP contribution in [-0.4, -0.2) is 31.3 Å². The summed E-state index contributed by atoms with van der Waals surface area (Å²) in [6.07, 6.45) is 1.50. The van der Waals surface area contributed by atoms with Crippen molar-refractivity contribution in [2.45, 2.75) is 45.6 Å². The quantitative estimate of drug-likeness (QED) is 0.527. The van der Waals surface area contributed by atoms with E-state index in [9.17, 15) is 14.4 Å². The number of anilines is 1. The molecule has 0 aliphatic carbocycles. The molecule has 1 N–H and O–H groups in total. The van der Waals surface area contributed by atoms with Crippen molar-refractivity contribution in [3.05, 3.63) is 77.0 Å². The highest BCUT2D eigenvalue weighted by molar-refractivity contribution is 5.94. The lowest BCUT2D eigenvalue weighted by atomic mass is 9.83. The molecule has 0 bridgehead atoms. The predicted octanol–water partition coefficient (Wildman–Crippen LogP) is 3.99. The topological polar surface area (TPSA) is 75.7 Å². The number of amides is 1. The van der Waals surface area contributed by atoms with Gasteiger partial charge in [-0.25, -0.2) is 0 Å². The zero-order valence-electron chi connectivity index (χ0n) is 19.3. The molecule has 0 aromatic heterocycles. The molecule has 0 fully saturated rings.